The number of nitrogens with one attached hydrogen (secondary N) is 2. The van der Waals surface area contributed by atoms with Crippen LogP contribution in [0.4, 0.5) is 0 Å². The molecule has 0 aliphatic carbocycles. The van der Waals surface area contributed by atoms with Crippen LogP contribution in [-0.2, 0) is 0 Å². The van der Waals surface area contributed by atoms with Crippen LogP contribution in [0.2, 0.25) is 0 Å². The summed E-state index contributed by atoms with van der Waals surface area (Å²) in [4.78, 5) is 3.92. The molecule has 0 spiro atoms. The first-order chi connectivity index (χ1) is 9.51. The van der Waals surface area contributed by atoms with E-state index >= 15 is 0 Å². The minimum atomic E-state index is -0.178. The Morgan fingerprint density at radius 2 is 2.05 bits per heavy atom. The van der Waals surface area contributed by atoms with Gasteiger partial charge in [0.05, 0.1) is 0 Å². The molecule has 0 radical (unpaired) electrons. The summed E-state index contributed by atoms with van der Waals surface area (Å²) in [6.45, 7) is 6.29. The van der Waals surface area contributed by atoms with Crippen LogP contribution in [0, 0.1) is 5.41 Å². The number of hydrogen-bond donors (Lipinski definition) is 5. The van der Waals surface area contributed by atoms with Gasteiger partial charge < -0.3 is 16.6 Å². The van der Waals surface area contributed by atoms with Crippen LogP contribution < -0.4 is 16.8 Å². The lowest BCUT2D eigenvalue weighted by molar-refractivity contribution is 0.474. The van der Waals surface area contributed by atoms with Crippen molar-refractivity contribution >= 4 is 30.4 Å². The number of benzene rings is 1. The van der Waals surface area contributed by atoms with Gasteiger partial charge >= 0.3 is 0 Å². The van der Waals surface area contributed by atoms with Crippen molar-refractivity contribution in [1.29, 1.82) is 5.41 Å². The maximum absolute atomic E-state index is 9.04. The highest BCUT2D eigenvalue weighted by Gasteiger charge is 1.90. The third kappa shape index (κ3) is 11.3. The van der Waals surface area contributed by atoms with Crippen molar-refractivity contribution in [3.63, 3.8) is 0 Å². The topological polar surface area (TPSA) is 121 Å². The second kappa shape index (κ2) is 12.8. The van der Waals surface area contributed by atoms with E-state index < -0.39 is 0 Å². The zero-order valence-electron chi connectivity index (χ0n) is 12.2. The first-order valence-electron chi connectivity index (χ1n) is 6.32. The summed E-state index contributed by atoms with van der Waals surface area (Å²) >= 11 is 0. The number of phenolic OH excluding ortho intramolecular Hbond substituents is 1. The fourth-order valence-electron chi connectivity index (χ4n) is 1.20. The molecule has 0 aliphatic heterocycles. The van der Waals surface area contributed by atoms with Gasteiger partial charge in [0.2, 0.25) is 0 Å². The Hall–Kier alpha value is -2.21. The SMILES string of the molecule is C=Cc1ccccc1O.CCCCN=C(N)NC(=N)N.Cl. The fraction of sp³-hybridized carbons (Fsp3) is 0.286. The van der Waals surface area contributed by atoms with Gasteiger partial charge in [-0.1, -0.05) is 44.2 Å². The maximum Gasteiger partial charge on any atom is 0.195 e. The molecule has 0 unspecified atom stereocenters. The second-order valence-corrected chi connectivity index (χ2v) is 3.92. The number of nitrogens with two attached hydrogens (primary N) is 2. The monoisotopic (exact) mass is 313 g/mol. The number of aliphatic imine (C=N–C) groups is 1. The molecule has 1 aromatic rings. The van der Waals surface area contributed by atoms with Gasteiger partial charge in [-0.25, -0.2) is 0 Å². The van der Waals surface area contributed by atoms with Crippen molar-refractivity contribution in [1.82, 2.24) is 5.32 Å². The first-order valence-corrected chi connectivity index (χ1v) is 6.32. The van der Waals surface area contributed by atoms with Crippen molar-refractivity contribution < 1.29 is 5.11 Å². The predicted molar refractivity (Wildman–Crippen MR) is 91.9 cm³/mol. The van der Waals surface area contributed by atoms with Gasteiger partial charge in [-0.05, 0) is 12.5 Å². The van der Waals surface area contributed by atoms with Crippen LogP contribution >= 0.6 is 12.4 Å². The zero-order chi connectivity index (χ0) is 15.4. The highest BCUT2D eigenvalue weighted by atomic mass is 35.5. The van der Waals surface area contributed by atoms with Crippen LogP contribution in [0.5, 0.6) is 5.75 Å². The Labute approximate surface area is 131 Å². The van der Waals surface area contributed by atoms with Crippen molar-refractivity contribution in [2.45, 2.75) is 19.8 Å². The fourth-order valence-corrected chi connectivity index (χ4v) is 1.20. The Kier molecular flexibility index (Phi) is 12.9. The molecule has 7 heteroatoms. The molecule has 21 heavy (non-hydrogen) atoms. The smallest absolute Gasteiger partial charge is 0.195 e. The molecule has 118 valence electrons. The maximum atomic E-state index is 9.04. The highest BCUT2D eigenvalue weighted by molar-refractivity contribution is 5.95. The molecule has 1 rings (SSSR count). The molecule has 0 saturated heterocycles. The molecule has 0 amide bonds. The predicted octanol–water partition coefficient (Wildman–Crippen LogP) is 2.04. The van der Waals surface area contributed by atoms with Crippen LogP contribution in [0.15, 0.2) is 35.8 Å². The summed E-state index contributed by atoms with van der Waals surface area (Å²) in [7, 11) is 0. The van der Waals surface area contributed by atoms with Crippen LogP contribution in [0.3, 0.4) is 0 Å². The largest absolute Gasteiger partial charge is 0.507 e. The molecular formula is C14H24ClN5O. The third-order valence-corrected chi connectivity index (χ3v) is 2.21. The van der Waals surface area contributed by atoms with Gasteiger partial charge in [-0.15, -0.1) is 12.4 Å². The summed E-state index contributed by atoms with van der Waals surface area (Å²) in [5.41, 5.74) is 11.1. The van der Waals surface area contributed by atoms with Gasteiger partial charge in [-0.3, -0.25) is 15.7 Å². The Morgan fingerprint density at radius 3 is 2.48 bits per heavy atom. The minimum Gasteiger partial charge on any atom is -0.507 e. The molecule has 0 fully saturated rings. The summed E-state index contributed by atoms with van der Waals surface area (Å²) < 4.78 is 0. The summed E-state index contributed by atoms with van der Waals surface area (Å²) in [5.74, 6) is 0.321. The van der Waals surface area contributed by atoms with E-state index in [1.54, 1.807) is 18.2 Å². The van der Waals surface area contributed by atoms with Gasteiger partial charge in [0.25, 0.3) is 0 Å². The van der Waals surface area contributed by atoms with Crippen LogP contribution in [0.25, 0.3) is 6.08 Å². The first kappa shape index (κ1) is 21.1. The number of aromatic hydroxyl groups is 1. The summed E-state index contributed by atoms with van der Waals surface area (Å²) in [6.07, 6.45) is 3.70. The lowest BCUT2D eigenvalue weighted by Crippen LogP contribution is -2.40. The quantitative estimate of drug-likeness (QED) is 0.332. The summed E-state index contributed by atoms with van der Waals surface area (Å²) in [6, 6.07) is 7.08. The van der Waals surface area contributed by atoms with Gasteiger partial charge in [0.15, 0.2) is 11.9 Å². The number of para-hydroxylation sites is 1. The molecular weight excluding hydrogens is 290 g/mol. The average molecular weight is 314 g/mol. The van der Waals surface area contributed by atoms with E-state index in [1.807, 2.05) is 12.1 Å². The molecule has 6 nitrogen and oxygen atoms in total. The van der Waals surface area contributed by atoms with Crippen molar-refractivity contribution in [2.75, 3.05) is 6.54 Å². The minimum absolute atomic E-state index is 0. The average Bonchev–Trinajstić information content (AvgIpc) is 2.39. The molecule has 1 aromatic carbocycles. The third-order valence-electron chi connectivity index (χ3n) is 2.21. The Balaban J connectivity index is 0. The molecule has 0 bridgehead atoms. The van der Waals surface area contributed by atoms with Crippen LogP contribution in [-0.4, -0.2) is 23.6 Å². The number of hydrogen-bond acceptors (Lipinski definition) is 3. The van der Waals surface area contributed by atoms with Crippen molar-refractivity contribution in [2.24, 2.45) is 16.5 Å². The highest BCUT2D eigenvalue weighted by Crippen LogP contribution is 2.15. The van der Waals surface area contributed by atoms with E-state index in [4.69, 9.17) is 22.0 Å². The van der Waals surface area contributed by atoms with E-state index in [1.165, 1.54) is 0 Å². The molecule has 0 saturated carbocycles. The lowest BCUT2D eigenvalue weighted by atomic mass is 10.2. The van der Waals surface area contributed by atoms with E-state index in [-0.39, 0.29) is 30.1 Å². The standard InChI is InChI=1S/C8H8O.C6H15N5.ClH/c1-2-7-5-3-4-6-8(7)9;1-2-3-4-10-6(9)11-5(7)8;/h2-6,9H,1H2;2-4H2,1H3,(H6,7,8,9,10,11);1H. The Morgan fingerprint density at radius 1 is 1.43 bits per heavy atom. The van der Waals surface area contributed by atoms with E-state index in [9.17, 15) is 0 Å². The van der Waals surface area contributed by atoms with Gasteiger partial charge in [-0.2, -0.15) is 0 Å². The zero-order valence-corrected chi connectivity index (χ0v) is 13.0. The number of unbranched alkanes of at least 4 members (excludes halogenated alkanes) is 1. The van der Waals surface area contributed by atoms with Crippen molar-refractivity contribution in [3.8, 4) is 5.75 Å². The van der Waals surface area contributed by atoms with Crippen molar-refractivity contribution in [3.05, 3.63) is 36.4 Å². The van der Waals surface area contributed by atoms with E-state index in [2.05, 4.69) is 23.8 Å². The molecule has 0 heterocycles. The number of rotatable bonds is 4. The second-order valence-electron chi connectivity index (χ2n) is 3.92. The molecule has 0 aliphatic rings. The molecule has 0 aromatic heterocycles. The molecule has 7 N–H and O–H groups in total. The number of halogens is 1. The number of phenols is 1. The summed E-state index contributed by atoms with van der Waals surface area (Å²) in [5, 5.41) is 18.2. The normalized spacial score (nSPS) is 9.67. The van der Waals surface area contributed by atoms with E-state index in [0.717, 1.165) is 18.4 Å². The van der Waals surface area contributed by atoms with Crippen LogP contribution in [0.1, 0.15) is 25.3 Å². The van der Waals surface area contributed by atoms with Gasteiger partial charge in [0.1, 0.15) is 5.75 Å². The lowest BCUT2D eigenvalue weighted by Gasteiger charge is -2.00. The molecule has 0 atom stereocenters. The van der Waals surface area contributed by atoms with E-state index in [0.29, 0.717) is 6.54 Å². The number of nitrogens with zero attached hydrogens (tertiary/aromatic N) is 1. The van der Waals surface area contributed by atoms with Gasteiger partial charge in [0, 0.05) is 12.1 Å². The number of guanidine groups is 2. The Bertz CT molecular complexity index is 462.